The molecule has 260 valence electrons. The highest BCUT2D eigenvalue weighted by atomic mass is 16.3. The van der Waals surface area contributed by atoms with E-state index in [1.54, 1.807) is 0 Å². The van der Waals surface area contributed by atoms with E-state index >= 15 is 0 Å². The topological polar surface area (TPSA) is 16.4 Å². The number of furan rings is 1. The smallest absolute Gasteiger partial charge is 0.136 e. The van der Waals surface area contributed by atoms with Crippen LogP contribution in [-0.2, 0) is 5.41 Å². The van der Waals surface area contributed by atoms with Crippen LogP contribution in [0.15, 0.2) is 199 Å². The van der Waals surface area contributed by atoms with Crippen molar-refractivity contribution in [1.29, 1.82) is 0 Å². The largest absolute Gasteiger partial charge is 0.456 e. The number of nitrogens with zero attached hydrogens (tertiary/aromatic N) is 1. The van der Waals surface area contributed by atoms with Crippen molar-refractivity contribution in [3.8, 4) is 44.5 Å². The van der Waals surface area contributed by atoms with Crippen molar-refractivity contribution in [2.75, 3.05) is 4.90 Å². The molecule has 0 fully saturated rings. The molecule has 1 aromatic heterocycles. The van der Waals surface area contributed by atoms with Gasteiger partial charge in [0.25, 0.3) is 0 Å². The summed E-state index contributed by atoms with van der Waals surface area (Å²) in [6, 6.07) is 69.7. The van der Waals surface area contributed by atoms with Crippen LogP contribution in [0.2, 0.25) is 0 Å². The molecule has 8 aromatic carbocycles. The summed E-state index contributed by atoms with van der Waals surface area (Å²) in [5.41, 5.74) is 15.8. The molecule has 0 atom stereocenters. The van der Waals surface area contributed by atoms with Crippen LogP contribution in [0.3, 0.4) is 0 Å². The summed E-state index contributed by atoms with van der Waals surface area (Å²) in [6.45, 7) is 6.99. The molecule has 0 N–H and O–H groups in total. The first-order valence-electron chi connectivity index (χ1n) is 18.7. The second-order valence-corrected chi connectivity index (χ2v) is 15.0. The predicted molar refractivity (Wildman–Crippen MR) is 229 cm³/mol. The zero-order valence-corrected chi connectivity index (χ0v) is 30.8. The van der Waals surface area contributed by atoms with Gasteiger partial charge in [-0.25, -0.2) is 0 Å². The third-order valence-electron chi connectivity index (χ3n) is 10.4. The van der Waals surface area contributed by atoms with E-state index in [-0.39, 0.29) is 5.41 Å². The van der Waals surface area contributed by atoms with Gasteiger partial charge in [0.2, 0.25) is 0 Å². The second-order valence-electron chi connectivity index (χ2n) is 15.0. The SMILES string of the molecule is CC(C)(C)c1c(-c2ccccc2)cc(-c2ccccc2)cc1N(c1ccc(-c2ccccc2)cc1)c1ccc(-c2cccc3oc4ccccc4c23)cc1. The minimum absolute atomic E-state index is 0.185. The molecule has 9 rings (SSSR count). The number of rotatable bonds is 7. The van der Waals surface area contributed by atoms with Gasteiger partial charge in [-0.3, -0.25) is 0 Å². The van der Waals surface area contributed by atoms with Crippen LogP contribution in [0.25, 0.3) is 66.4 Å². The number of benzene rings is 8. The zero-order valence-electron chi connectivity index (χ0n) is 30.8. The fourth-order valence-electron chi connectivity index (χ4n) is 7.90. The van der Waals surface area contributed by atoms with Gasteiger partial charge in [-0.1, -0.05) is 166 Å². The van der Waals surface area contributed by atoms with E-state index in [9.17, 15) is 0 Å². The molecule has 2 nitrogen and oxygen atoms in total. The lowest BCUT2D eigenvalue weighted by Crippen LogP contribution is -2.20. The van der Waals surface area contributed by atoms with Crippen molar-refractivity contribution < 1.29 is 4.42 Å². The summed E-state index contributed by atoms with van der Waals surface area (Å²) < 4.78 is 6.27. The van der Waals surface area contributed by atoms with Gasteiger partial charge in [0.05, 0.1) is 5.69 Å². The molecular formula is C52H41NO. The predicted octanol–water partition coefficient (Wildman–Crippen LogP) is 15.0. The van der Waals surface area contributed by atoms with Gasteiger partial charge in [-0.2, -0.15) is 0 Å². The van der Waals surface area contributed by atoms with Crippen LogP contribution in [0, 0.1) is 0 Å². The van der Waals surface area contributed by atoms with E-state index < -0.39 is 0 Å². The number of fused-ring (bicyclic) bond motifs is 3. The summed E-state index contributed by atoms with van der Waals surface area (Å²) in [4.78, 5) is 2.45. The fraction of sp³-hybridized carbons (Fsp3) is 0.0769. The molecule has 1 heterocycles. The van der Waals surface area contributed by atoms with E-state index in [4.69, 9.17) is 4.42 Å². The summed E-state index contributed by atoms with van der Waals surface area (Å²) >= 11 is 0. The molecule has 2 heteroatoms. The molecule has 9 aromatic rings. The fourth-order valence-corrected chi connectivity index (χ4v) is 7.90. The first kappa shape index (κ1) is 33.2. The summed E-state index contributed by atoms with van der Waals surface area (Å²) in [6.07, 6.45) is 0. The third-order valence-corrected chi connectivity index (χ3v) is 10.4. The van der Waals surface area contributed by atoms with Crippen LogP contribution in [-0.4, -0.2) is 0 Å². The monoisotopic (exact) mass is 695 g/mol. The molecule has 54 heavy (non-hydrogen) atoms. The lowest BCUT2D eigenvalue weighted by Gasteiger charge is -2.35. The molecule has 0 radical (unpaired) electrons. The Balaban J connectivity index is 1.27. The molecule has 0 saturated heterocycles. The van der Waals surface area contributed by atoms with Crippen molar-refractivity contribution in [1.82, 2.24) is 0 Å². The van der Waals surface area contributed by atoms with Crippen LogP contribution >= 0.6 is 0 Å². The molecule has 0 aliphatic rings. The Labute approximate surface area is 317 Å². The lowest BCUT2D eigenvalue weighted by molar-refractivity contribution is 0.593. The van der Waals surface area contributed by atoms with Gasteiger partial charge in [0.1, 0.15) is 11.2 Å². The number of anilines is 3. The van der Waals surface area contributed by atoms with Gasteiger partial charge < -0.3 is 9.32 Å². The van der Waals surface area contributed by atoms with Crippen molar-refractivity contribution in [2.45, 2.75) is 26.2 Å². The molecule has 0 aliphatic carbocycles. The maximum Gasteiger partial charge on any atom is 0.136 e. The third kappa shape index (κ3) is 6.16. The highest BCUT2D eigenvalue weighted by Crippen LogP contribution is 2.48. The maximum absolute atomic E-state index is 6.27. The van der Waals surface area contributed by atoms with Crippen LogP contribution in [0.1, 0.15) is 26.3 Å². The van der Waals surface area contributed by atoms with Gasteiger partial charge in [0.15, 0.2) is 0 Å². The Hall–Kier alpha value is -6.64. The maximum atomic E-state index is 6.27. The molecule has 0 aliphatic heterocycles. The summed E-state index contributed by atoms with van der Waals surface area (Å²) in [7, 11) is 0. The second kappa shape index (κ2) is 13.7. The molecule has 0 amide bonds. The molecular weight excluding hydrogens is 655 g/mol. The van der Waals surface area contributed by atoms with Gasteiger partial charge in [0, 0.05) is 22.1 Å². The van der Waals surface area contributed by atoms with E-state index in [0.29, 0.717) is 0 Å². The van der Waals surface area contributed by atoms with E-state index in [1.165, 1.54) is 38.9 Å². The van der Waals surface area contributed by atoms with Gasteiger partial charge >= 0.3 is 0 Å². The Bertz CT molecular complexity index is 2700. The highest BCUT2D eigenvalue weighted by molar-refractivity contribution is 6.12. The van der Waals surface area contributed by atoms with E-state index in [2.05, 4.69) is 208 Å². The summed E-state index contributed by atoms with van der Waals surface area (Å²) in [5.74, 6) is 0. The average Bonchev–Trinajstić information content (AvgIpc) is 3.61. The first-order valence-corrected chi connectivity index (χ1v) is 18.7. The van der Waals surface area contributed by atoms with Crippen molar-refractivity contribution in [3.05, 3.63) is 200 Å². The number of hydrogen-bond donors (Lipinski definition) is 0. The minimum Gasteiger partial charge on any atom is -0.456 e. The standard InChI is InChI=1S/C52H41NO/c1-52(2,3)51-46(39-20-11-6-12-21-39)34-41(37-18-9-5-10-19-37)35-47(51)53(42-30-26-38(27-31-42)36-16-7-4-8-17-36)43-32-28-40(29-33-43)44-23-15-25-49-50(44)45-22-13-14-24-48(45)54-49/h4-35H,1-3H3. The Morgan fingerprint density at radius 2 is 0.870 bits per heavy atom. The highest BCUT2D eigenvalue weighted by Gasteiger charge is 2.28. The summed E-state index contributed by atoms with van der Waals surface area (Å²) in [5, 5.41) is 2.28. The van der Waals surface area contributed by atoms with Crippen molar-refractivity contribution >= 4 is 39.0 Å². The van der Waals surface area contributed by atoms with Crippen LogP contribution in [0.5, 0.6) is 0 Å². The number of hydrogen-bond acceptors (Lipinski definition) is 2. The quantitative estimate of drug-likeness (QED) is 0.165. The van der Waals surface area contributed by atoms with Crippen LogP contribution < -0.4 is 4.90 Å². The molecule has 0 bridgehead atoms. The van der Waals surface area contributed by atoms with Crippen molar-refractivity contribution in [2.24, 2.45) is 0 Å². The average molecular weight is 696 g/mol. The number of para-hydroxylation sites is 1. The van der Waals surface area contributed by atoms with Crippen LogP contribution in [0.4, 0.5) is 17.1 Å². The molecule has 0 saturated carbocycles. The van der Waals surface area contributed by atoms with Crippen molar-refractivity contribution in [3.63, 3.8) is 0 Å². The van der Waals surface area contributed by atoms with E-state index in [1.807, 2.05) is 12.1 Å². The van der Waals surface area contributed by atoms with Gasteiger partial charge in [-0.05, 0) is 104 Å². The minimum atomic E-state index is -0.185. The molecule has 0 unspecified atom stereocenters. The zero-order chi connectivity index (χ0) is 36.6. The van der Waals surface area contributed by atoms with Gasteiger partial charge in [-0.15, -0.1) is 0 Å². The normalized spacial score (nSPS) is 11.6. The Morgan fingerprint density at radius 3 is 1.48 bits per heavy atom. The Kier molecular flexibility index (Phi) is 8.44. The van der Waals surface area contributed by atoms with E-state index in [0.717, 1.165) is 50.1 Å². The first-order chi connectivity index (χ1) is 26.4. The Morgan fingerprint density at radius 1 is 0.389 bits per heavy atom. The lowest BCUT2D eigenvalue weighted by atomic mass is 9.78. The molecule has 0 spiro atoms.